The third-order valence-corrected chi connectivity index (χ3v) is 5.88. The zero-order valence-electron chi connectivity index (χ0n) is 20.0. The van der Waals surface area contributed by atoms with Gasteiger partial charge in [-0.2, -0.15) is 0 Å². The minimum atomic E-state index is 0.837. The van der Waals surface area contributed by atoms with Gasteiger partial charge in [-0.25, -0.2) is 0 Å². The molecule has 2 aromatic rings. The molecule has 0 amide bonds. The van der Waals surface area contributed by atoms with Crippen molar-refractivity contribution in [1.82, 2.24) is 0 Å². The van der Waals surface area contributed by atoms with E-state index in [1.807, 2.05) is 48.6 Å². The number of nitrogens with zero attached hydrogens (tertiary/aromatic N) is 4. The molecule has 0 aromatic heterocycles. The van der Waals surface area contributed by atoms with E-state index >= 15 is 0 Å². The maximum absolute atomic E-state index is 4.29. The Morgan fingerprint density at radius 1 is 0.543 bits per heavy atom. The minimum Gasteiger partial charge on any atom is -0.289 e. The van der Waals surface area contributed by atoms with E-state index in [1.54, 1.807) is 14.1 Å². The lowest BCUT2D eigenvalue weighted by molar-refractivity contribution is 1.44. The van der Waals surface area contributed by atoms with Crippen LogP contribution in [0.2, 0.25) is 0 Å². The van der Waals surface area contributed by atoms with Crippen molar-refractivity contribution in [3.63, 3.8) is 0 Å². The summed E-state index contributed by atoms with van der Waals surface area (Å²) in [5.41, 5.74) is 10.1. The van der Waals surface area contributed by atoms with Crippen LogP contribution in [0.4, 0.5) is 11.4 Å². The van der Waals surface area contributed by atoms with Crippen LogP contribution in [0.5, 0.6) is 0 Å². The summed E-state index contributed by atoms with van der Waals surface area (Å²) in [7, 11) is 5.84. The predicted octanol–water partition coefficient (Wildman–Crippen LogP) is 6.57. The Hall–Kier alpha value is -4.38. The van der Waals surface area contributed by atoms with E-state index in [0.717, 1.165) is 56.0 Å². The normalized spacial score (nSPS) is 14.1. The molecule has 4 nitrogen and oxygen atoms in total. The van der Waals surface area contributed by atoms with Crippen LogP contribution in [0.3, 0.4) is 0 Å². The van der Waals surface area contributed by atoms with Crippen LogP contribution in [-0.2, 0) is 0 Å². The van der Waals surface area contributed by atoms with E-state index in [1.165, 1.54) is 0 Å². The molecule has 35 heavy (non-hydrogen) atoms. The number of benzene rings is 2. The second-order valence-electron chi connectivity index (χ2n) is 7.92. The van der Waals surface area contributed by atoms with Crippen molar-refractivity contribution in [2.24, 2.45) is 20.0 Å². The molecule has 5 heteroatoms. The average Bonchev–Trinajstić information content (AvgIpc) is 2.94. The van der Waals surface area contributed by atoms with Gasteiger partial charge in [-0.15, -0.1) is 0 Å². The molecule has 2 aliphatic carbocycles. The van der Waals surface area contributed by atoms with Crippen LogP contribution in [0, 0.1) is 0 Å². The minimum absolute atomic E-state index is 0.837. The molecule has 1 radical (unpaired) electrons. The molecule has 0 N–H and O–H groups in total. The Labute approximate surface area is 207 Å². The molecule has 0 spiro atoms. The van der Waals surface area contributed by atoms with Crippen molar-refractivity contribution < 1.29 is 0 Å². The fourth-order valence-electron chi connectivity index (χ4n) is 3.88. The van der Waals surface area contributed by atoms with Crippen LogP contribution >= 0.6 is 0 Å². The van der Waals surface area contributed by atoms with Crippen LogP contribution in [0.25, 0.3) is 10.9 Å². The first-order chi connectivity index (χ1) is 17.1. The van der Waals surface area contributed by atoms with Crippen molar-refractivity contribution in [2.75, 3.05) is 14.1 Å². The topological polar surface area (TPSA) is 49.4 Å². The molecule has 0 heterocycles. The van der Waals surface area contributed by atoms with Gasteiger partial charge in [0.05, 0.1) is 22.8 Å². The number of aliphatic imine (C=N–C) groups is 4. The molecule has 0 fully saturated rings. The van der Waals surface area contributed by atoms with Gasteiger partial charge in [-0.05, 0) is 84.3 Å². The van der Waals surface area contributed by atoms with E-state index < -0.39 is 0 Å². The fourth-order valence-corrected chi connectivity index (χ4v) is 3.88. The highest BCUT2D eigenvalue weighted by atomic mass is 14.7. The lowest BCUT2D eigenvalue weighted by Crippen LogP contribution is -2.07. The highest BCUT2D eigenvalue weighted by Gasteiger charge is 2.17. The second-order valence-corrected chi connectivity index (χ2v) is 7.92. The number of hydrogen-bond acceptors (Lipinski definition) is 4. The van der Waals surface area contributed by atoms with Gasteiger partial charge in [0, 0.05) is 14.1 Å². The standard InChI is InChI=1S/C30H26BN4/c1-32-25-13-5-21(6-14-25)29(22-7-15-26(33-2)16-8-22)31-30(23-9-17-27(34-3)18-10-23)24-11-19-28(35-4)20-12-24/h5-20H,1,3H2,2,4H3. The molecule has 0 saturated carbocycles. The predicted molar refractivity (Wildman–Crippen MR) is 154 cm³/mol. The van der Waals surface area contributed by atoms with Crippen molar-refractivity contribution in [3.8, 4) is 0 Å². The molecule has 2 aromatic carbocycles. The molecule has 0 aliphatic heterocycles. The number of rotatable bonds is 6. The highest BCUT2D eigenvalue weighted by molar-refractivity contribution is 6.79. The lowest BCUT2D eigenvalue weighted by Gasteiger charge is -2.18. The number of allylic oxidation sites excluding steroid dienone is 10. The van der Waals surface area contributed by atoms with E-state index in [9.17, 15) is 0 Å². The van der Waals surface area contributed by atoms with Crippen LogP contribution in [0.15, 0.2) is 128 Å². The van der Waals surface area contributed by atoms with Gasteiger partial charge in [0.1, 0.15) is 0 Å². The molecule has 0 saturated heterocycles. The van der Waals surface area contributed by atoms with Crippen LogP contribution in [-0.4, -0.2) is 46.2 Å². The smallest absolute Gasteiger partial charge is 0.194 e. The number of hydrogen-bond donors (Lipinski definition) is 0. The van der Waals surface area contributed by atoms with Gasteiger partial charge in [0.15, 0.2) is 7.28 Å². The van der Waals surface area contributed by atoms with Gasteiger partial charge < -0.3 is 0 Å². The highest BCUT2D eigenvalue weighted by Crippen LogP contribution is 2.31. The zero-order valence-corrected chi connectivity index (χ0v) is 20.0. The maximum Gasteiger partial charge on any atom is 0.194 e. The Morgan fingerprint density at radius 3 is 1.17 bits per heavy atom. The molecule has 2 aliphatic rings. The first-order valence-electron chi connectivity index (χ1n) is 11.3. The largest absolute Gasteiger partial charge is 0.289 e. The van der Waals surface area contributed by atoms with Crippen LogP contribution < -0.4 is 0 Å². The monoisotopic (exact) mass is 453 g/mol. The summed E-state index contributed by atoms with van der Waals surface area (Å²) in [6, 6.07) is 16.2. The van der Waals surface area contributed by atoms with Gasteiger partial charge in [0.25, 0.3) is 0 Å². The molecule has 4 rings (SSSR count). The van der Waals surface area contributed by atoms with Crippen molar-refractivity contribution >= 4 is 54.5 Å². The summed E-state index contributed by atoms with van der Waals surface area (Å²) in [6.07, 6.45) is 16.6. The Bertz CT molecular complexity index is 1230. The van der Waals surface area contributed by atoms with E-state index in [-0.39, 0.29) is 0 Å². The molecule has 0 atom stereocenters. The summed E-state index contributed by atoms with van der Waals surface area (Å²) < 4.78 is 0. The Morgan fingerprint density at radius 2 is 0.886 bits per heavy atom. The molecular formula is C30H26BN4. The van der Waals surface area contributed by atoms with Gasteiger partial charge in [0.2, 0.25) is 0 Å². The molecule has 0 bridgehead atoms. The maximum atomic E-state index is 4.29. The molecular weight excluding hydrogens is 427 g/mol. The lowest BCUT2D eigenvalue weighted by atomic mass is 9.55. The van der Waals surface area contributed by atoms with Gasteiger partial charge in [-0.1, -0.05) is 59.5 Å². The van der Waals surface area contributed by atoms with E-state index in [0.29, 0.717) is 0 Å². The third kappa shape index (κ3) is 5.58. The molecule has 169 valence electrons. The quantitative estimate of drug-likeness (QED) is 0.351. The average molecular weight is 453 g/mol. The second kappa shape index (κ2) is 11.2. The summed E-state index contributed by atoms with van der Waals surface area (Å²) >= 11 is 0. The van der Waals surface area contributed by atoms with Crippen molar-refractivity contribution in [3.05, 3.63) is 119 Å². The summed E-state index contributed by atoms with van der Waals surface area (Å²) in [5, 5.41) is 0. The Kier molecular flexibility index (Phi) is 7.58. The van der Waals surface area contributed by atoms with Gasteiger partial charge in [-0.3, -0.25) is 20.0 Å². The zero-order chi connectivity index (χ0) is 24.6. The SMILES string of the molecule is C=Nc1ccc(C([B]C(=C2C=CC(=NC)C=C2)c2ccc(N=C)cc2)=C2C=CC(=NC)C=C2)cc1. The fraction of sp³-hybridized carbons (Fsp3) is 0.0667. The van der Waals surface area contributed by atoms with Crippen molar-refractivity contribution in [1.29, 1.82) is 0 Å². The third-order valence-electron chi connectivity index (χ3n) is 5.88. The summed E-state index contributed by atoms with van der Waals surface area (Å²) in [5.74, 6) is 0. The first-order valence-corrected chi connectivity index (χ1v) is 11.3. The van der Waals surface area contributed by atoms with Crippen molar-refractivity contribution in [2.45, 2.75) is 0 Å². The van der Waals surface area contributed by atoms with E-state index in [2.05, 4.69) is 89.3 Å². The van der Waals surface area contributed by atoms with Crippen LogP contribution in [0.1, 0.15) is 11.1 Å². The van der Waals surface area contributed by atoms with E-state index in [4.69, 9.17) is 0 Å². The Balaban J connectivity index is 1.87. The van der Waals surface area contributed by atoms with Gasteiger partial charge >= 0.3 is 0 Å². The summed E-state index contributed by atoms with van der Waals surface area (Å²) in [6.45, 7) is 7.28. The molecule has 0 unspecified atom stereocenters. The summed E-state index contributed by atoms with van der Waals surface area (Å²) in [4.78, 5) is 16.7. The first kappa shape index (κ1) is 23.8.